The van der Waals surface area contributed by atoms with Crippen molar-refractivity contribution in [3.8, 4) is 5.69 Å². The Hall–Kier alpha value is -2.83. The number of ether oxygens (including phenoxy) is 1. The van der Waals surface area contributed by atoms with Gasteiger partial charge in [-0.15, -0.1) is 0 Å². The number of hydrazine groups is 1. The minimum atomic E-state index is -0.704. The Morgan fingerprint density at radius 1 is 1.18 bits per heavy atom. The minimum absolute atomic E-state index is 0.230. The molecule has 7 heteroatoms. The van der Waals surface area contributed by atoms with Crippen LogP contribution in [-0.4, -0.2) is 28.4 Å². The molecule has 0 aliphatic heterocycles. The highest BCUT2D eigenvalue weighted by Gasteiger charge is 2.17. The molecule has 0 spiro atoms. The second-order valence-corrected chi connectivity index (χ2v) is 4.41. The van der Waals surface area contributed by atoms with Gasteiger partial charge in [-0.1, -0.05) is 25.1 Å². The summed E-state index contributed by atoms with van der Waals surface area (Å²) in [5.74, 6) is -0.438. The van der Waals surface area contributed by atoms with E-state index in [9.17, 15) is 9.59 Å². The molecule has 1 aromatic carbocycles. The van der Waals surface area contributed by atoms with Crippen LogP contribution in [0.15, 0.2) is 36.5 Å². The van der Waals surface area contributed by atoms with E-state index in [1.165, 1.54) is 6.20 Å². The number of nitrogens with zero attached hydrogens (tertiary/aromatic N) is 2. The zero-order valence-corrected chi connectivity index (χ0v) is 12.5. The maximum Gasteiger partial charge on any atom is 0.426 e. The van der Waals surface area contributed by atoms with E-state index in [0.29, 0.717) is 12.0 Å². The summed E-state index contributed by atoms with van der Waals surface area (Å²) in [5, 5.41) is 4.25. The fraction of sp³-hybridized carbons (Fsp3) is 0.267. The van der Waals surface area contributed by atoms with E-state index < -0.39 is 12.0 Å². The summed E-state index contributed by atoms with van der Waals surface area (Å²) in [6.07, 6.45) is 1.40. The standard InChI is InChI=1S/C15H18N4O3/c1-3-13-12(14(20)17-18-15(21)22-4-2)10-16-19(13)11-8-6-5-7-9-11/h5-10H,3-4H2,1-2H3,(H,17,20)(H,18,21). The van der Waals surface area contributed by atoms with Crippen molar-refractivity contribution in [2.45, 2.75) is 20.3 Å². The van der Waals surface area contributed by atoms with Crippen LogP contribution < -0.4 is 10.9 Å². The van der Waals surface area contributed by atoms with Crippen molar-refractivity contribution in [2.24, 2.45) is 0 Å². The lowest BCUT2D eigenvalue weighted by molar-refractivity contribution is 0.0911. The molecule has 2 aromatic rings. The lowest BCUT2D eigenvalue weighted by Gasteiger charge is -2.09. The van der Waals surface area contributed by atoms with E-state index in [-0.39, 0.29) is 6.61 Å². The number of amides is 2. The molecule has 1 aromatic heterocycles. The van der Waals surface area contributed by atoms with E-state index >= 15 is 0 Å². The molecule has 0 bridgehead atoms. The van der Waals surface area contributed by atoms with Gasteiger partial charge < -0.3 is 4.74 Å². The molecule has 1 heterocycles. The van der Waals surface area contributed by atoms with Crippen LogP contribution in [0.2, 0.25) is 0 Å². The number of hydrogen-bond donors (Lipinski definition) is 2. The normalized spacial score (nSPS) is 10.1. The third-order valence-corrected chi connectivity index (χ3v) is 3.00. The Balaban J connectivity index is 2.17. The maximum atomic E-state index is 12.1. The van der Waals surface area contributed by atoms with Crippen molar-refractivity contribution in [1.29, 1.82) is 0 Å². The molecular weight excluding hydrogens is 284 g/mol. The molecule has 0 aliphatic carbocycles. The van der Waals surface area contributed by atoms with E-state index in [1.54, 1.807) is 11.6 Å². The molecule has 2 N–H and O–H groups in total. The summed E-state index contributed by atoms with van der Waals surface area (Å²) < 4.78 is 6.38. The van der Waals surface area contributed by atoms with Gasteiger partial charge in [0.1, 0.15) is 0 Å². The van der Waals surface area contributed by atoms with Crippen LogP contribution >= 0.6 is 0 Å². The van der Waals surface area contributed by atoms with Crippen molar-refractivity contribution in [2.75, 3.05) is 6.61 Å². The lowest BCUT2D eigenvalue weighted by Crippen LogP contribution is -2.42. The molecule has 2 amide bonds. The van der Waals surface area contributed by atoms with Gasteiger partial charge in [0.15, 0.2) is 0 Å². The van der Waals surface area contributed by atoms with Gasteiger partial charge in [0, 0.05) is 0 Å². The third-order valence-electron chi connectivity index (χ3n) is 3.00. The number of aromatic nitrogens is 2. The Morgan fingerprint density at radius 3 is 2.55 bits per heavy atom. The molecule has 0 atom stereocenters. The van der Waals surface area contributed by atoms with Crippen molar-refractivity contribution in [3.63, 3.8) is 0 Å². The van der Waals surface area contributed by atoms with Crippen LogP contribution in [-0.2, 0) is 11.2 Å². The fourth-order valence-electron chi connectivity index (χ4n) is 2.04. The molecule has 0 unspecified atom stereocenters. The predicted octanol–water partition coefficient (Wildman–Crippen LogP) is 1.83. The van der Waals surface area contributed by atoms with Crippen LogP contribution in [0.4, 0.5) is 4.79 Å². The first kappa shape index (κ1) is 15.6. The molecular formula is C15H18N4O3. The fourth-order valence-corrected chi connectivity index (χ4v) is 2.04. The lowest BCUT2D eigenvalue weighted by atomic mass is 10.2. The van der Waals surface area contributed by atoms with E-state index in [2.05, 4.69) is 20.7 Å². The van der Waals surface area contributed by atoms with Gasteiger partial charge in [-0.25, -0.2) is 14.9 Å². The maximum absolute atomic E-state index is 12.1. The van der Waals surface area contributed by atoms with Gasteiger partial charge in [-0.2, -0.15) is 5.10 Å². The summed E-state index contributed by atoms with van der Waals surface area (Å²) in [6.45, 7) is 3.85. The number of carbonyl (C=O) groups is 2. The Bertz CT molecular complexity index is 652. The van der Waals surface area contributed by atoms with Crippen LogP contribution in [0.5, 0.6) is 0 Å². The topological polar surface area (TPSA) is 85.2 Å². The van der Waals surface area contributed by atoms with Crippen LogP contribution in [0, 0.1) is 0 Å². The first-order valence-electron chi connectivity index (χ1n) is 7.02. The Kier molecular flexibility index (Phi) is 5.13. The average molecular weight is 302 g/mol. The average Bonchev–Trinajstić information content (AvgIpc) is 2.97. The van der Waals surface area contributed by atoms with Crippen molar-refractivity contribution < 1.29 is 14.3 Å². The summed E-state index contributed by atoms with van der Waals surface area (Å²) in [6, 6.07) is 9.53. The molecule has 7 nitrogen and oxygen atoms in total. The highest BCUT2D eigenvalue weighted by atomic mass is 16.5. The van der Waals surface area contributed by atoms with E-state index in [0.717, 1.165) is 11.4 Å². The quantitative estimate of drug-likeness (QED) is 0.844. The van der Waals surface area contributed by atoms with Crippen molar-refractivity contribution in [1.82, 2.24) is 20.6 Å². The number of carbonyl (C=O) groups excluding carboxylic acids is 2. The minimum Gasteiger partial charge on any atom is -0.449 e. The Morgan fingerprint density at radius 2 is 1.91 bits per heavy atom. The van der Waals surface area contributed by atoms with Gasteiger partial charge in [-0.3, -0.25) is 10.2 Å². The largest absolute Gasteiger partial charge is 0.449 e. The van der Waals surface area contributed by atoms with E-state index in [1.807, 2.05) is 37.3 Å². The third kappa shape index (κ3) is 3.43. The number of nitrogens with one attached hydrogen (secondary N) is 2. The van der Waals surface area contributed by atoms with Gasteiger partial charge in [-0.05, 0) is 25.5 Å². The Labute approximate surface area is 128 Å². The van der Waals surface area contributed by atoms with Crippen molar-refractivity contribution in [3.05, 3.63) is 47.8 Å². The molecule has 0 fully saturated rings. The van der Waals surface area contributed by atoms with Gasteiger partial charge in [0.2, 0.25) is 0 Å². The SMILES string of the molecule is CCOC(=O)NNC(=O)c1cnn(-c2ccccc2)c1CC. The molecule has 2 rings (SSSR count). The predicted molar refractivity (Wildman–Crippen MR) is 80.6 cm³/mol. The second kappa shape index (κ2) is 7.26. The number of rotatable bonds is 4. The van der Waals surface area contributed by atoms with E-state index in [4.69, 9.17) is 0 Å². The monoisotopic (exact) mass is 302 g/mol. The first-order valence-corrected chi connectivity index (χ1v) is 7.02. The van der Waals surface area contributed by atoms with Crippen LogP contribution in [0.3, 0.4) is 0 Å². The highest BCUT2D eigenvalue weighted by molar-refractivity contribution is 5.95. The molecule has 0 saturated carbocycles. The second-order valence-electron chi connectivity index (χ2n) is 4.41. The summed E-state index contributed by atoms with van der Waals surface area (Å²) in [5.41, 5.74) is 6.53. The molecule has 0 aliphatic rings. The zero-order chi connectivity index (χ0) is 15.9. The number of hydrogen-bond acceptors (Lipinski definition) is 4. The van der Waals surface area contributed by atoms with Crippen molar-refractivity contribution >= 4 is 12.0 Å². The first-order chi connectivity index (χ1) is 10.7. The van der Waals surface area contributed by atoms with Gasteiger partial charge >= 0.3 is 6.09 Å². The molecule has 0 radical (unpaired) electrons. The zero-order valence-electron chi connectivity index (χ0n) is 12.5. The smallest absolute Gasteiger partial charge is 0.426 e. The summed E-state index contributed by atoms with van der Waals surface area (Å²) >= 11 is 0. The molecule has 0 saturated heterocycles. The van der Waals surface area contributed by atoms with Crippen LogP contribution in [0.25, 0.3) is 5.69 Å². The summed E-state index contributed by atoms with van der Waals surface area (Å²) in [7, 11) is 0. The number of para-hydroxylation sites is 1. The van der Waals surface area contributed by atoms with Crippen LogP contribution in [0.1, 0.15) is 29.9 Å². The van der Waals surface area contributed by atoms with Gasteiger partial charge in [0.25, 0.3) is 5.91 Å². The number of benzene rings is 1. The molecule has 116 valence electrons. The highest BCUT2D eigenvalue weighted by Crippen LogP contribution is 2.15. The summed E-state index contributed by atoms with van der Waals surface area (Å²) in [4.78, 5) is 23.3. The molecule has 22 heavy (non-hydrogen) atoms. The van der Waals surface area contributed by atoms with Gasteiger partial charge in [0.05, 0.1) is 29.7 Å².